The summed E-state index contributed by atoms with van der Waals surface area (Å²) in [6.45, 7) is 6.60. The number of anilines is 1. The Bertz CT molecular complexity index is 460. The molecule has 3 N–H and O–H groups in total. The van der Waals surface area contributed by atoms with Crippen LogP contribution in [-0.4, -0.2) is 24.5 Å². The molecule has 1 atom stereocenters. The number of carbonyl (C=O) groups excluding carboxylic acids is 2. The molecular weight excluding hydrogens is 278 g/mol. The van der Waals surface area contributed by atoms with Crippen LogP contribution >= 0.6 is 0 Å². The number of amides is 3. The van der Waals surface area contributed by atoms with E-state index in [9.17, 15) is 9.59 Å². The van der Waals surface area contributed by atoms with Crippen LogP contribution in [0.3, 0.4) is 0 Å². The lowest BCUT2D eigenvalue weighted by Gasteiger charge is -2.22. The second-order valence-electron chi connectivity index (χ2n) is 5.68. The van der Waals surface area contributed by atoms with Gasteiger partial charge < -0.3 is 16.0 Å². The summed E-state index contributed by atoms with van der Waals surface area (Å²) in [6.07, 6.45) is 3.17. The standard InChI is InChI=1S/C17H27N3O2/c1-4-5-9-12-18-16(21)15(13(2)3)20-17(22)19-14-10-7-6-8-11-14/h6-8,10-11,13,15H,4-5,9,12H2,1-3H3,(H,18,21)(H2,19,20,22). The number of carbonyl (C=O) groups is 2. The molecule has 5 heteroatoms. The lowest BCUT2D eigenvalue weighted by Crippen LogP contribution is -2.51. The van der Waals surface area contributed by atoms with Crippen molar-refractivity contribution in [2.75, 3.05) is 11.9 Å². The van der Waals surface area contributed by atoms with Crippen molar-refractivity contribution in [1.82, 2.24) is 10.6 Å². The third-order valence-corrected chi connectivity index (χ3v) is 3.35. The van der Waals surface area contributed by atoms with Crippen LogP contribution in [0.2, 0.25) is 0 Å². The molecule has 0 saturated heterocycles. The molecule has 0 fully saturated rings. The molecule has 0 aliphatic rings. The summed E-state index contributed by atoms with van der Waals surface area (Å²) in [5.41, 5.74) is 0.700. The van der Waals surface area contributed by atoms with E-state index in [2.05, 4.69) is 22.9 Å². The smallest absolute Gasteiger partial charge is 0.319 e. The van der Waals surface area contributed by atoms with Gasteiger partial charge in [-0.15, -0.1) is 0 Å². The van der Waals surface area contributed by atoms with E-state index in [1.807, 2.05) is 32.0 Å². The van der Waals surface area contributed by atoms with E-state index < -0.39 is 6.04 Å². The summed E-state index contributed by atoms with van der Waals surface area (Å²) < 4.78 is 0. The van der Waals surface area contributed by atoms with Crippen LogP contribution in [0.15, 0.2) is 30.3 Å². The summed E-state index contributed by atoms with van der Waals surface area (Å²) >= 11 is 0. The van der Waals surface area contributed by atoms with Gasteiger partial charge in [0.1, 0.15) is 6.04 Å². The molecule has 1 unspecified atom stereocenters. The fraction of sp³-hybridized carbons (Fsp3) is 0.529. The summed E-state index contributed by atoms with van der Waals surface area (Å²) in [5, 5.41) is 8.36. The summed E-state index contributed by atoms with van der Waals surface area (Å²) in [4.78, 5) is 24.2. The van der Waals surface area contributed by atoms with Gasteiger partial charge in [-0.05, 0) is 24.5 Å². The highest BCUT2D eigenvalue weighted by Crippen LogP contribution is 2.06. The molecule has 0 heterocycles. The normalized spacial score (nSPS) is 11.8. The lowest BCUT2D eigenvalue weighted by atomic mass is 10.0. The average molecular weight is 305 g/mol. The number of nitrogens with one attached hydrogen (secondary N) is 3. The Hall–Kier alpha value is -2.04. The maximum absolute atomic E-state index is 12.2. The molecule has 1 aromatic rings. The van der Waals surface area contributed by atoms with Gasteiger partial charge in [-0.2, -0.15) is 0 Å². The minimum atomic E-state index is -0.537. The Morgan fingerprint density at radius 1 is 1.09 bits per heavy atom. The first-order valence-corrected chi connectivity index (χ1v) is 7.94. The monoisotopic (exact) mass is 305 g/mol. The molecule has 0 spiro atoms. The third kappa shape index (κ3) is 6.61. The molecule has 0 aliphatic carbocycles. The summed E-state index contributed by atoms with van der Waals surface area (Å²) in [5.74, 6) is -0.109. The number of benzene rings is 1. The third-order valence-electron chi connectivity index (χ3n) is 3.35. The van der Waals surface area contributed by atoms with Crippen LogP contribution in [-0.2, 0) is 4.79 Å². The van der Waals surface area contributed by atoms with Crippen molar-refractivity contribution in [2.24, 2.45) is 5.92 Å². The van der Waals surface area contributed by atoms with E-state index in [1.165, 1.54) is 0 Å². The van der Waals surface area contributed by atoms with Gasteiger partial charge in [0.05, 0.1) is 0 Å². The first kappa shape index (κ1) is 18.0. The highest BCUT2D eigenvalue weighted by molar-refractivity contribution is 5.93. The minimum Gasteiger partial charge on any atom is -0.354 e. The van der Waals surface area contributed by atoms with E-state index >= 15 is 0 Å². The first-order valence-electron chi connectivity index (χ1n) is 7.94. The Labute approximate surface area is 132 Å². The molecule has 0 radical (unpaired) electrons. The first-order chi connectivity index (χ1) is 10.5. The van der Waals surface area contributed by atoms with Crippen molar-refractivity contribution in [1.29, 1.82) is 0 Å². The molecule has 122 valence electrons. The van der Waals surface area contributed by atoms with Gasteiger partial charge >= 0.3 is 6.03 Å². The predicted octanol–water partition coefficient (Wildman–Crippen LogP) is 3.14. The van der Waals surface area contributed by atoms with Gasteiger partial charge in [0.15, 0.2) is 0 Å². The van der Waals surface area contributed by atoms with Gasteiger partial charge in [0.25, 0.3) is 0 Å². The highest BCUT2D eigenvalue weighted by atomic mass is 16.2. The minimum absolute atomic E-state index is 0.0210. The number of hydrogen-bond acceptors (Lipinski definition) is 2. The molecule has 3 amide bonds. The van der Waals surface area contributed by atoms with Crippen molar-refractivity contribution in [3.63, 3.8) is 0 Å². The molecule has 1 aromatic carbocycles. The van der Waals surface area contributed by atoms with Crippen LogP contribution < -0.4 is 16.0 Å². The quantitative estimate of drug-likeness (QED) is 0.646. The van der Waals surface area contributed by atoms with Crippen molar-refractivity contribution in [3.8, 4) is 0 Å². The summed E-state index contributed by atoms with van der Waals surface area (Å²) in [7, 11) is 0. The van der Waals surface area contributed by atoms with Crippen LogP contribution in [0.4, 0.5) is 10.5 Å². The van der Waals surface area contributed by atoms with Crippen molar-refractivity contribution in [3.05, 3.63) is 30.3 Å². The molecule has 1 rings (SSSR count). The zero-order chi connectivity index (χ0) is 16.4. The Morgan fingerprint density at radius 2 is 1.77 bits per heavy atom. The number of para-hydroxylation sites is 1. The van der Waals surface area contributed by atoms with Crippen molar-refractivity contribution >= 4 is 17.6 Å². The van der Waals surface area contributed by atoms with Gasteiger partial charge in [-0.25, -0.2) is 4.79 Å². The van der Waals surface area contributed by atoms with Crippen LogP contribution in [0.1, 0.15) is 40.0 Å². The van der Waals surface area contributed by atoms with E-state index in [1.54, 1.807) is 12.1 Å². The molecule has 22 heavy (non-hydrogen) atoms. The predicted molar refractivity (Wildman–Crippen MR) is 89.8 cm³/mol. The van der Waals surface area contributed by atoms with E-state index in [4.69, 9.17) is 0 Å². The van der Waals surface area contributed by atoms with Gasteiger partial charge in [0.2, 0.25) is 5.91 Å². The summed E-state index contributed by atoms with van der Waals surface area (Å²) in [6, 6.07) is 8.26. The Morgan fingerprint density at radius 3 is 2.36 bits per heavy atom. The van der Waals surface area contributed by atoms with Crippen LogP contribution in [0.5, 0.6) is 0 Å². The van der Waals surface area contributed by atoms with E-state index in [-0.39, 0.29) is 17.9 Å². The van der Waals surface area contributed by atoms with Gasteiger partial charge in [-0.1, -0.05) is 51.8 Å². The number of urea groups is 1. The fourth-order valence-electron chi connectivity index (χ4n) is 2.06. The number of hydrogen-bond donors (Lipinski definition) is 3. The number of rotatable bonds is 8. The Kier molecular flexibility index (Phi) is 8.04. The SMILES string of the molecule is CCCCCNC(=O)C(NC(=O)Nc1ccccc1)C(C)C. The molecule has 0 saturated carbocycles. The second kappa shape index (κ2) is 9.82. The van der Waals surface area contributed by atoms with E-state index in [0.29, 0.717) is 12.2 Å². The van der Waals surface area contributed by atoms with Crippen LogP contribution in [0, 0.1) is 5.92 Å². The maximum atomic E-state index is 12.2. The van der Waals surface area contributed by atoms with Gasteiger partial charge in [0, 0.05) is 12.2 Å². The molecule has 0 aliphatic heterocycles. The van der Waals surface area contributed by atoms with Crippen molar-refractivity contribution < 1.29 is 9.59 Å². The molecule has 0 bridgehead atoms. The lowest BCUT2D eigenvalue weighted by molar-refractivity contribution is -0.123. The highest BCUT2D eigenvalue weighted by Gasteiger charge is 2.23. The van der Waals surface area contributed by atoms with Crippen LogP contribution in [0.25, 0.3) is 0 Å². The zero-order valence-electron chi connectivity index (χ0n) is 13.7. The van der Waals surface area contributed by atoms with E-state index in [0.717, 1.165) is 19.3 Å². The Balaban J connectivity index is 2.49. The maximum Gasteiger partial charge on any atom is 0.319 e. The fourth-order valence-corrected chi connectivity index (χ4v) is 2.06. The zero-order valence-corrected chi connectivity index (χ0v) is 13.7. The molecule has 5 nitrogen and oxygen atoms in total. The molecular formula is C17H27N3O2. The van der Waals surface area contributed by atoms with Gasteiger partial charge in [-0.3, -0.25) is 4.79 Å². The topological polar surface area (TPSA) is 70.2 Å². The second-order valence-corrected chi connectivity index (χ2v) is 5.68. The average Bonchev–Trinajstić information content (AvgIpc) is 2.49. The molecule has 0 aromatic heterocycles. The largest absolute Gasteiger partial charge is 0.354 e. The van der Waals surface area contributed by atoms with Crippen molar-refractivity contribution in [2.45, 2.75) is 46.1 Å². The number of unbranched alkanes of at least 4 members (excludes halogenated alkanes) is 2.